The van der Waals surface area contributed by atoms with Crippen LogP contribution in [-0.2, 0) is 21.8 Å². The predicted octanol–water partition coefficient (Wildman–Crippen LogP) is 6.06. The lowest BCUT2D eigenvalue weighted by Crippen LogP contribution is -2.49. The van der Waals surface area contributed by atoms with E-state index in [1.165, 1.54) is 38.2 Å². The molecule has 14 heteroatoms. The zero-order valence-corrected chi connectivity index (χ0v) is 22.2. The number of amides is 2. The highest BCUT2D eigenvalue weighted by atomic mass is 19.4. The third-order valence-corrected chi connectivity index (χ3v) is 5.77. The van der Waals surface area contributed by atoms with Gasteiger partial charge in [0.05, 0.1) is 36.4 Å². The van der Waals surface area contributed by atoms with Crippen LogP contribution in [0.5, 0.6) is 0 Å². The number of carbonyl (C=O) groups excluding carboxylic acids is 1. The second-order valence-corrected chi connectivity index (χ2v) is 8.48. The van der Waals surface area contributed by atoms with Crippen LogP contribution in [0.25, 0.3) is 0 Å². The quantitative estimate of drug-likeness (QED) is 0.246. The molecule has 2 aromatic rings. The number of urea groups is 1. The van der Waals surface area contributed by atoms with Crippen LogP contribution in [0.15, 0.2) is 47.5 Å². The molecule has 222 valence electrons. The lowest BCUT2D eigenvalue weighted by molar-refractivity contribution is -0.227. The van der Waals surface area contributed by atoms with Gasteiger partial charge in [-0.25, -0.2) is 9.18 Å². The molecule has 3 unspecified atom stereocenters. The molecule has 3 rings (SSSR count). The summed E-state index contributed by atoms with van der Waals surface area (Å²) >= 11 is 0. The van der Waals surface area contributed by atoms with Gasteiger partial charge >= 0.3 is 18.4 Å². The molecule has 2 aromatic carbocycles. The highest BCUT2D eigenvalue weighted by Gasteiger charge is 2.39. The number of halogens is 7. The number of ether oxygens (including phenoxy) is 2. The van der Waals surface area contributed by atoms with Gasteiger partial charge < -0.3 is 20.5 Å². The highest BCUT2D eigenvalue weighted by molar-refractivity contribution is 5.93. The average Bonchev–Trinajstić information content (AvgIpc) is 2.89. The fourth-order valence-electron chi connectivity index (χ4n) is 3.93. The molecule has 7 nitrogen and oxygen atoms in total. The Bertz CT molecular complexity index is 1120. The van der Waals surface area contributed by atoms with Crippen molar-refractivity contribution in [1.82, 2.24) is 10.2 Å². The standard InChI is InChI=1S/C24H25F7N4O3.C2H6/c1-13(15-9-16(23(26,27)28)11-17(10-15)24(29,30)31)38-21-20(14-3-5-18(25)6-4-14)35(7-8-37-21)12-19(32)34-22(36)33-2;1-2/h3-6,9-11,13,20-21H,7-8,12H2,1-2H3,(H3,32,33,34,36);1-2H3. The number of hydrogen-bond acceptors (Lipinski definition) is 4. The molecular weight excluding hydrogens is 549 g/mol. The van der Waals surface area contributed by atoms with Gasteiger partial charge in [0.25, 0.3) is 0 Å². The molecule has 0 bridgehead atoms. The maximum absolute atomic E-state index is 13.6. The van der Waals surface area contributed by atoms with Crippen LogP contribution in [-0.4, -0.2) is 49.8 Å². The molecule has 0 aromatic heterocycles. The van der Waals surface area contributed by atoms with E-state index in [0.717, 1.165) is 0 Å². The molecule has 0 radical (unpaired) electrons. The van der Waals surface area contributed by atoms with Gasteiger partial charge in [-0.15, -0.1) is 0 Å². The van der Waals surface area contributed by atoms with E-state index >= 15 is 0 Å². The third-order valence-electron chi connectivity index (χ3n) is 5.77. The van der Waals surface area contributed by atoms with Crippen molar-refractivity contribution < 1.29 is 45.0 Å². The molecule has 2 amide bonds. The third kappa shape index (κ3) is 8.89. The number of nitrogens with one attached hydrogen (secondary N) is 1. The van der Waals surface area contributed by atoms with Gasteiger partial charge in [0.1, 0.15) is 11.7 Å². The van der Waals surface area contributed by atoms with Crippen molar-refractivity contribution in [2.24, 2.45) is 10.7 Å². The molecule has 0 spiro atoms. The summed E-state index contributed by atoms with van der Waals surface area (Å²) in [5.74, 6) is -0.606. The van der Waals surface area contributed by atoms with Crippen molar-refractivity contribution in [3.05, 3.63) is 70.5 Å². The number of rotatable bonds is 6. The van der Waals surface area contributed by atoms with E-state index in [4.69, 9.17) is 15.2 Å². The molecule has 1 heterocycles. The fraction of sp³-hybridized carbons (Fsp3) is 0.462. The van der Waals surface area contributed by atoms with E-state index in [1.807, 2.05) is 13.8 Å². The SMILES string of the molecule is CC.CNC(=O)/N=C(\N)CN1CCOC(OC(C)c2cc(C(F)(F)F)cc(C(F)(F)F)c2)C1c1ccc(F)cc1. The Kier molecular flexibility index (Phi) is 11.5. The Labute approximate surface area is 227 Å². The summed E-state index contributed by atoms with van der Waals surface area (Å²) in [6.07, 6.45) is -12.5. The summed E-state index contributed by atoms with van der Waals surface area (Å²) < 4.78 is 105. The first-order valence-corrected chi connectivity index (χ1v) is 12.3. The lowest BCUT2D eigenvalue weighted by atomic mass is 10.0. The fourth-order valence-corrected chi connectivity index (χ4v) is 3.93. The van der Waals surface area contributed by atoms with E-state index in [0.29, 0.717) is 17.7 Å². The highest BCUT2D eigenvalue weighted by Crippen LogP contribution is 2.39. The maximum atomic E-state index is 13.6. The topological polar surface area (TPSA) is 89.2 Å². The molecule has 0 aliphatic carbocycles. The second-order valence-electron chi connectivity index (χ2n) is 8.48. The molecule has 1 saturated heterocycles. The van der Waals surface area contributed by atoms with E-state index in [-0.39, 0.29) is 37.2 Å². The number of nitrogens with zero attached hydrogens (tertiary/aromatic N) is 2. The van der Waals surface area contributed by atoms with Gasteiger partial charge in [0, 0.05) is 13.6 Å². The van der Waals surface area contributed by atoms with Crippen molar-refractivity contribution in [2.45, 2.75) is 51.6 Å². The maximum Gasteiger partial charge on any atom is 0.416 e. The van der Waals surface area contributed by atoms with Gasteiger partial charge in [0.15, 0.2) is 6.29 Å². The first-order chi connectivity index (χ1) is 18.7. The van der Waals surface area contributed by atoms with E-state index in [2.05, 4.69) is 10.3 Å². The van der Waals surface area contributed by atoms with Crippen LogP contribution in [0.4, 0.5) is 35.5 Å². The molecule has 1 aliphatic rings. The Morgan fingerprint density at radius 2 is 1.65 bits per heavy atom. The molecule has 3 N–H and O–H groups in total. The number of hydrogen-bond donors (Lipinski definition) is 2. The number of morpholine rings is 1. The van der Waals surface area contributed by atoms with Crippen LogP contribution < -0.4 is 11.1 Å². The van der Waals surface area contributed by atoms with Gasteiger partial charge in [-0.2, -0.15) is 31.3 Å². The number of nitrogens with two attached hydrogens (primary N) is 1. The Morgan fingerprint density at radius 3 is 2.15 bits per heavy atom. The van der Waals surface area contributed by atoms with Gasteiger partial charge in [-0.3, -0.25) is 4.90 Å². The van der Waals surface area contributed by atoms with Crippen LogP contribution in [0.2, 0.25) is 0 Å². The first kappa shape index (κ1) is 33.0. The lowest BCUT2D eigenvalue weighted by Gasteiger charge is -2.42. The van der Waals surface area contributed by atoms with E-state index in [9.17, 15) is 35.5 Å². The minimum Gasteiger partial charge on any atom is -0.386 e. The normalized spacial score (nSPS) is 19.4. The molecular formula is C26H31F7N4O3. The minimum absolute atomic E-state index is 0.0327. The molecule has 1 aliphatic heterocycles. The van der Waals surface area contributed by atoms with Crippen LogP contribution >= 0.6 is 0 Å². The number of amidine groups is 1. The zero-order chi connectivity index (χ0) is 30.3. The van der Waals surface area contributed by atoms with Crippen molar-refractivity contribution in [3.63, 3.8) is 0 Å². The first-order valence-electron chi connectivity index (χ1n) is 12.3. The monoisotopic (exact) mass is 580 g/mol. The predicted molar refractivity (Wildman–Crippen MR) is 134 cm³/mol. The van der Waals surface area contributed by atoms with Crippen molar-refractivity contribution in [3.8, 4) is 0 Å². The largest absolute Gasteiger partial charge is 0.416 e. The molecule has 1 fully saturated rings. The number of alkyl halides is 6. The Balaban J connectivity index is 0.00000274. The summed E-state index contributed by atoms with van der Waals surface area (Å²) in [5, 5.41) is 2.29. The van der Waals surface area contributed by atoms with Crippen LogP contribution in [0.3, 0.4) is 0 Å². The zero-order valence-electron chi connectivity index (χ0n) is 22.2. The van der Waals surface area contributed by atoms with Crippen LogP contribution in [0, 0.1) is 5.82 Å². The summed E-state index contributed by atoms with van der Waals surface area (Å²) in [7, 11) is 1.36. The second kappa shape index (κ2) is 13.9. The van der Waals surface area contributed by atoms with Gasteiger partial charge in [-0.05, 0) is 48.4 Å². The Hall–Kier alpha value is -3.23. The van der Waals surface area contributed by atoms with Gasteiger partial charge in [-0.1, -0.05) is 26.0 Å². The van der Waals surface area contributed by atoms with Crippen LogP contribution in [0.1, 0.15) is 55.2 Å². The average molecular weight is 581 g/mol. The van der Waals surface area contributed by atoms with Crippen molar-refractivity contribution in [1.29, 1.82) is 0 Å². The smallest absolute Gasteiger partial charge is 0.386 e. The number of benzene rings is 2. The van der Waals surface area contributed by atoms with Crippen molar-refractivity contribution >= 4 is 11.9 Å². The summed E-state index contributed by atoms with van der Waals surface area (Å²) in [6, 6.07) is 4.90. The Morgan fingerprint density at radius 1 is 1.10 bits per heavy atom. The number of carbonyl (C=O) groups is 1. The summed E-state index contributed by atoms with van der Waals surface area (Å²) in [4.78, 5) is 16.9. The summed E-state index contributed by atoms with van der Waals surface area (Å²) in [5.41, 5.74) is 3.04. The van der Waals surface area contributed by atoms with E-state index in [1.54, 1.807) is 4.90 Å². The molecule has 3 atom stereocenters. The van der Waals surface area contributed by atoms with Crippen molar-refractivity contribution in [2.75, 3.05) is 26.7 Å². The number of aliphatic imine (C=N–C) groups is 1. The summed E-state index contributed by atoms with van der Waals surface area (Å²) in [6.45, 7) is 5.54. The molecule has 40 heavy (non-hydrogen) atoms. The molecule has 0 saturated carbocycles. The van der Waals surface area contributed by atoms with Gasteiger partial charge in [0.2, 0.25) is 0 Å². The minimum atomic E-state index is -5.02. The van der Waals surface area contributed by atoms with E-state index < -0.39 is 53.8 Å².